The molecule has 0 spiro atoms. The Morgan fingerprint density at radius 3 is 2.85 bits per heavy atom. The Kier molecular flexibility index (Phi) is 4.76. The molecule has 1 N–H and O–H groups in total. The number of rotatable bonds is 5. The molecule has 2 rings (SSSR count). The van der Waals surface area contributed by atoms with Crippen molar-refractivity contribution < 1.29 is 4.79 Å². The van der Waals surface area contributed by atoms with Crippen LogP contribution in [0.1, 0.15) is 36.5 Å². The molecule has 104 valence electrons. The van der Waals surface area contributed by atoms with Gasteiger partial charge in [0, 0.05) is 24.3 Å². The first-order chi connectivity index (χ1) is 9.69. The van der Waals surface area contributed by atoms with Crippen LogP contribution < -0.4 is 5.32 Å². The Hall–Kier alpha value is -2.30. The smallest absolute Gasteiger partial charge is 0.226 e. The summed E-state index contributed by atoms with van der Waals surface area (Å²) >= 11 is 0. The molecule has 20 heavy (non-hydrogen) atoms. The Bertz CT molecular complexity index is 571. The van der Waals surface area contributed by atoms with Crippen molar-refractivity contribution in [3.05, 3.63) is 53.9 Å². The average molecular weight is 270 g/mol. The normalized spacial score (nSPS) is 11.9. The molecule has 0 bridgehead atoms. The topological polar surface area (TPSA) is 67.8 Å². The lowest BCUT2D eigenvalue weighted by Gasteiger charge is -2.16. The summed E-state index contributed by atoms with van der Waals surface area (Å²) in [6.07, 6.45) is 5.80. The number of carbonyl (C=O) groups excluding carboxylic acids is 1. The van der Waals surface area contributed by atoms with Gasteiger partial charge in [0.15, 0.2) is 0 Å². The van der Waals surface area contributed by atoms with E-state index in [1.165, 1.54) is 0 Å². The molecule has 0 radical (unpaired) electrons. The summed E-state index contributed by atoms with van der Waals surface area (Å²) in [5.41, 5.74) is 2.50. The summed E-state index contributed by atoms with van der Waals surface area (Å²) in [6.45, 7) is 3.97. The molecule has 0 aromatic carbocycles. The second kappa shape index (κ2) is 6.75. The standard InChI is InChI=1S/C15H18N4O/c1-3-13(14-6-4-5-11(2)18-14)19-15(20)9-12-10-16-7-8-17-12/h4-8,10,13H,3,9H2,1-2H3,(H,19,20)/t13-/m1/s1. The Morgan fingerprint density at radius 2 is 2.20 bits per heavy atom. The molecular formula is C15H18N4O. The number of hydrogen-bond acceptors (Lipinski definition) is 4. The molecule has 0 unspecified atom stereocenters. The summed E-state index contributed by atoms with van der Waals surface area (Å²) < 4.78 is 0. The highest BCUT2D eigenvalue weighted by atomic mass is 16.1. The highest BCUT2D eigenvalue weighted by Gasteiger charge is 2.14. The molecular weight excluding hydrogens is 252 g/mol. The number of nitrogens with one attached hydrogen (secondary N) is 1. The third-order valence-electron chi connectivity index (χ3n) is 2.97. The molecule has 2 aromatic heterocycles. The monoisotopic (exact) mass is 270 g/mol. The number of aryl methyl sites for hydroxylation is 1. The van der Waals surface area contributed by atoms with Gasteiger partial charge in [-0.2, -0.15) is 0 Å². The van der Waals surface area contributed by atoms with E-state index in [1.807, 2.05) is 32.0 Å². The van der Waals surface area contributed by atoms with Crippen molar-refractivity contribution >= 4 is 5.91 Å². The summed E-state index contributed by atoms with van der Waals surface area (Å²) in [7, 11) is 0. The number of pyridine rings is 1. The molecule has 0 saturated heterocycles. The van der Waals surface area contributed by atoms with E-state index >= 15 is 0 Å². The molecule has 0 aliphatic rings. The number of carbonyl (C=O) groups is 1. The maximum atomic E-state index is 12.0. The first kappa shape index (κ1) is 14.1. The predicted molar refractivity (Wildman–Crippen MR) is 75.9 cm³/mol. The van der Waals surface area contributed by atoms with E-state index in [0.29, 0.717) is 5.69 Å². The van der Waals surface area contributed by atoms with E-state index in [4.69, 9.17) is 0 Å². The second-order valence-electron chi connectivity index (χ2n) is 4.61. The van der Waals surface area contributed by atoms with Gasteiger partial charge in [-0.3, -0.25) is 19.7 Å². The zero-order valence-corrected chi connectivity index (χ0v) is 11.7. The zero-order chi connectivity index (χ0) is 14.4. The van der Waals surface area contributed by atoms with Crippen molar-refractivity contribution in [2.45, 2.75) is 32.7 Å². The van der Waals surface area contributed by atoms with Gasteiger partial charge in [0.05, 0.1) is 23.9 Å². The molecule has 0 saturated carbocycles. The third-order valence-corrected chi connectivity index (χ3v) is 2.97. The molecule has 0 aliphatic heterocycles. The first-order valence-electron chi connectivity index (χ1n) is 6.67. The fourth-order valence-electron chi connectivity index (χ4n) is 1.97. The van der Waals surface area contributed by atoms with E-state index in [-0.39, 0.29) is 18.4 Å². The summed E-state index contributed by atoms with van der Waals surface area (Å²) in [5.74, 6) is -0.0688. The van der Waals surface area contributed by atoms with Crippen molar-refractivity contribution in [3.63, 3.8) is 0 Å². The van der Waals surface area contributed by atoms with Crippen molar-refractivity contribution in [1.82, 2.24) is 20.3 Å². The van der Waals surface area contributed by atoms with Gasteiger partial charge in [-0.25, -0.2) is 0 Å². The Morgan fingerprint density at radius 1 is 1.35 bits per heavy atom. The van der Waals surface area contributed by atoms with Crippen molar-refractivity contribution in [3.8, 4) is 0 Å². The van der Waals surface area contributed by atoms with Crippen LogP contribution in [0.3, 0.4) is 0 Å². The van der Waals surface area contributed by atoms with E-state index in [9.17, 15) is 4.79 Å². The van der Waals surface area contributed by atoms with Gasteiger partial charge in [-0.05, 0) is 25.5 Å². The molecule has 2 aromatic rings. The van der Waals surface area contributed by atoms with Gasteiger partial charge >= 0.3 is 0 Å². The lowest BCUT2D eigenvalue weighted by molar-refractivity contribution is -0.121. The minimum absolute atomic E-state index is 0.0688. The predicted octanol–water partition coefficient (Wildman–Crippen LogP) is 1.99. The van der Waals surface area contributed by atoms with Gasteiger partial charge < -0.3 is 5.32 Å². The van der Waals surface area contributed by atoms with Crippen LogP contribution in [0.4, 0.5) is 0 Å². The maximum absolute atomic E-state index is 12.0. The quantitative estimate of drug-likeness (QED) is 0.902. The number of amides is 1. The van der Waals surface area contributed by atoms with E-state index in [1.54, 1.807) is 18.6 Å². The van der Waals surface area contributed by atoms with Gasteiger partial charge in [0.2, 0.25) is 5.91 Å². The first-order valence-corrected chi connectivity index (χ1v) is 6.67. The van der Waals surface area contributed by atoms with E-state index in [0.717, 1.165) is 17.8 Å². The highest BCUT2D eigenvalue weighted by Crippen LogP contribution is 2.14. The van der Waals surface area contributed by atoms with Crippen LogP contribution in [0, 0.1) is 6.92 Å². The summed E-state index contributed by atoms with van der Waals surface area (Å²) in [6, 6.07) is 5.76. The van der Waals surface area contributed by atoms with Gasteiger partial charge in [-0.15, -0.1) is 0 Å². The zero-order valence-electron chi connectivity index (χ0n) is 11.7. The van der Waals surface area contributed by atoms with Crippen molar-refractivity contribution in [2.75, 3.05) is 0 Å². The Labute approximate surface area is 118 Å². The fourth-order valence-corrected chi connectivity index (χ4v) is 1.97. The van der Waals surface area contributed by atoms with E-state index < -0.39 is 0 Å². The fraction of sp³-hybridized carbons (Fsp3) is 0.333. The molecule has 1 amide bonds. The van der Waals surface area contributed by atoms with Crippen LogP contribution in [-0.4, -0.2) is 20.9 Å². The molecule has 5 heteroatoms. The molecule has 0 fully saturated rings. The largest absolute Gasteiger partial charge is 0.347 e. The SMILES string of the molecule is CC[C@@H](NC(=O)Cc1cnccn1)c1cccc(C)n1. The molecule has 1 atom stereocenters. The summed E-state index contributed by atoms with van der Waals surface area (Å²) in [4.78, 5) is 24.5. The molecule has 0 aliphatic carbocycles. The van der Waals surface area contributed by atoms with Crippen molar-refractivity contribution in [2.24, 2.45) is 0 Å². The van der Waals surface area contributed by atoms with Crippen LogP contribution >= 0.6 is 0 Å². The summed E-state index contributed by atoms with van der Waals surface area (Å²) in [5, 5.41) is 2.99. The highest BCUT2D eigenvalue weighted by molar-refractivity contribution is 5.78. The maximum Gasteiger partial charge on any atom is 0.226 e. The van der Waals surface area contributed by atoms with Crippen molar-refractivity contribution in [1.29, 1.82) is 0 Å². The number of aromatic nitrogens is 3. The lowest BCUT2D eigenvalue weighted by Crippen LogP contribution is -2.30. The molecule has 2 heterocycles. The van der Waals surface area contributed by atoms with Crippen LogP contribution in [0.25, 0.3) is 0 Å². The van der Waals surface area contributed by atoms with Gasteiger partial charge in [0.25, 0.3) is 0 Å². The van der Waals surface area contributed by atoms with Crippen LogP contribution in [0.5, 0.6) is 0 Å². The minimum atomic E-state index is -0.0703. The van der Waals surface area contributed by atoms with Crippen LogP contribution in [-0.2, 0) is 11.2 Å². The molecule has 5 nitrogen and oxygen atoms in total. The van der Waals surface area contributed by atoms with Crippen LogP contribution in [0.2, 0.25) is 0 Å². The average Bonchev–Trinajstić information content (AvgIpc) is 2.46. The third kappa shape index (κ3) is 3.85. The van der Waals surface area contributed by atoms with Crippen LogP contribution in [0.15, 0.2) is 36.8 Å². The van der Waals surface area contributed by atoms with Gasteiger partial charge in [0.1, 0.15) is 0 Å². The second-order valence-corrected chi connectivity index (χ2v) is 4.61. The lowest BCUT2D eigenvalue weighted by atomic mass is 10.1. The van der Waals surface area contributed by atoms with E-state index in [2.05, 4.69) is 20.3 Å². The minimum Gasteiger partial charge on any atom is -0.347 e. The number of nitrogens with zero attached hydrogens (tertiary/aromatic N) is 3. The van der Waals surface area contributed by atoms with Gasteiger partial charge in [-0.1, -0.05) is 13.0 Å². The number of hydrogen-bond donors (Lipinski definition) is 1. The Balaban J connectivity index is 2.01.